The molecule has 1 aromatic heterocycles. The van der Waals surface area contributed by atoms with Gasteiger partial charge in [0.1, 0.15) is 0 Å². The van der Waals surface area contributed by atoms with Gasteiger partial charge in [-0.3, -0.25) is 4.79 Å². The zero-order chi connectivity index (χ0) is 20.7. The van der Waals surface area contributed by atoms with E-state index in [1.807, 2.05) is 0 Å². The van der Waals surface area contributed by atoms with Gasteiger partial charge >= 0.3 is 0 Å². The van der Waals surface area contributed by atoms with Gasteiger partial charge in [0.25, 0.3) is 11.4 Å². The van der Waals surface area contributed by atoms with E-state index in [-0.39, 0.29) is 18.2 Å². The number of hydrogen-bond donors (Lipinski definition) is 0. The SMILES string of the molecule is CCCCOc1c(OCOC)nn(C)c(=O)c1-c1c(CC)cc(C)cc1CC. The zero-order valence-corrected chi connectivity index (χ0v) is 17.9. The van der Waals surface area contributed by atoms with Crippen LogP contribution in [0, 0.1) is 6.92 Å². The van der Waals surface area contributed by atoms with Gasteiger partial charge in [-0.25, -0.2) is 4.68 Å². The van der Waals surface area contributed by atoms with Crippen LogP contribution in [0.4, 0.5) is 0 Å². The summed E-state index contributed by atoms with van der Waals surface area (Å²) < 4.78 is 18.1. The van der Waals surface area contributed by atoms with Crippen LogP contribution in [-0.4, -0.2) is 30.3 Å². The molecule has 0 radical (unpaired) electrons. The summed E-state index contributed by atoms with van der Waals surface area (Å²) >= 11 is 0. The Kier molecular flexibility index (Phi) is 8.05. The van der Waals surface area contributed by atoms with Crippen molar-refractivity contribution in [3.05, 3.63) is 39.2 Å². The first-order valence-corrected chi connectivity index (χ1v) is 9.96. The highest BCUT2D eigenvalue weighted by molar-refractivity contribution is 5.78. The Balaban J connectivity index is 2.81. The molecule has 1 aromatic carbocycles. The van der Waals surface area contributed by atoms with Gasteiger partial charge in [-0.1, -0.05) is 44.9 Å². The van der Waals surface area contributed by atoms with E-state index >= 15 is 0 Å². The maximum atomic E-state index is 13.2. The lowest BCUT2D eigenvalue weighted by molar-refractivity contribution is 0.0436. The molecule has 0 aliphatic carbocycles. The lowest BCUT2D eigenvalue weighted by Crippen LogP contribution is -2.25. The van der Waals surface area contributed by atoms with E-state index in [0.717, 1.165) is 42.4 Å². The summed E-state index contributed by atoms with van der Waals surface area (Å²) in [4.78, 5) is 13.2. The van der Waals surface area contributed by atoms with E-state index in [0.29, 0.717) is 17.9 Å². The number of hydrogen-bond acceptors (Lipinski definition) is 5. The Labute approximate surface area is 167 Å². The van der Waals surface area contributed by atoms with Gasteiger partial charge in [0.15, 0.2) is 12.5 Å². The van der Waals surface area contributed by atoms with Crippen molar-refractivity contribution in [1.82, 2.24) is 9.78 Å². The first-order chi connectivity index (χ1) is 13.5. The quantitative estimate of drug-likeness (QED) is 0.454. The number of aromatic nitrogens is 2. The van der Waals surface area contributed by atoms with Crippen LogP contribution in [0.15, 0.2) is 16.9 Å². The fourth-order valence-electron chi connectivity index (χ4n) is 3.30. The molecule has 2 aromatic rings. The molecule has 0 aliphatic heterocycles. The van der Waals surface area contributed by atoms with Gasteiger partial charge in [0.2, 0.25) is 0 Å². The minimum atomic E-state index is -0.190. The summed E-state index contributed by atoms with van der Waals surface area (Å²) in [6.45, 7) is 8.91. The molecule has 2 rings (SSSR count). The van der Waals surface area contributed by atoms with E-state index in [1.165, 1.54) is 10.2 Å². The molecule has 0 amide bonds. The van der Waals surface area contributed by atoms with Crippen molar-refractivity contribution in [2.24, 2.45) is 7.05 Å². The number of rotatable bonds is 10. The molecule has 0 spiro atoms. The standard InChI is InChI=1S/C22H32N2O4/c1-7-10-11-27-20-19(22(25)24(5)23-21(20)28-14-26-6)18-16(8-2)12-15(4)13-17(18)9-3/h12-13H,7-11,14H2,1-6H3. The predicted octanol–water partition coefficient (Wildman–Crippen LogP) is 4.04. The number of nitrogens with zero attached hydrogens (tertiary/aromatic N) is 2. The van der Waals surface area contributed by atoms with E-state index in [9.17, 15) is 4.79 Å². The van der Waals surface area contributed by atoms with Gasteiger partial charge in [-0.15, -0.1) is 5.10 Å². The van der Waals surface area contributed by atoms with Crippen molar-refractivity contribution in [2.75, 3.05) is 20.5 Å². The lowest BCUT2D eigenvalue weighted by Gasteiger charge is -2.20. The highest BCUT2D eigenvalue weighted by Gasteiger charge is 2.24. The predicted molar refractivity (Wildman–Crippen MR) is 111 cm³/mol. The van der Waals surface area contributed by atoms with Crippen LogP contribution >= 0.6 is 0 Å². The molecular weight excluding hydrogens is 356 g/mol. The monoisotopic (exact) mass is 388 g/mol. The topological polar surface area (TPSA) is 62.6 Å². The molecule has 0 unspecified atom stereocenters. The van der Waals surface area contributed by atoms with Crippen LogP contribution in [0.1, 0.15) is 50.3 Å². The Morgan fingerprint density at radius 2 is 1.68 bits per heavy atom. The van der Waals surface area contributed by atoms with E-state index in [1.54, 1.807) is 14.2 Å². The third kappa shape index (κ3) is 4.73. The zero-order valence-electron chi connectivity index (χ0n) is 17.9. The second-order valence-electron chi connectivity index (χ2n) is 6.86. The number of methoxy groups -OCH3 is 1. The van der Waals surface area contributed by atoms with Crippen LogP contribution in [-0.2, 0) is 24.6 Å². The second-order valence-corrected chi connectivity index (χ2v) is 6.86. The van der Waals surface area contributed by atoms with E-state index in [4.69, 9.17) is 14.2 Å². The van der Waals surface area contributed by atoms with Crippen LogP contribution in [0.3, 0.4) is 0 Å². The third-order valence-corrected chi connectivity index (χ3v) is 4.69. The molecule has 6 heteroatoms. The van der Waals surface area contributed by atoms with Gasteiger partial charge in [-0.05, 0) is 42.9 Å². The minimum absolute atomic E-state index is 0.0317. The first-order valence-electron chi connectivity index (χ1n) is 9.96. The van der Waals surface area contributed by atoms with Gasteiger partial charge in [0.05, 0.1) is 12.2 Å². The molecule has 0 bridgehead atoms. The second kappa shape index (κ2) is 10.3. The minimum Gasteiger partial charge on any atom is -0.487 e. The van der Waals surface area contributed by atoms with Crippen molar-refractivity contribution in [3.63, 3.8) is 0 Å². The van der Waals surface area contributed by atoms with Gasteiger partial charge < -0.3 is 14.2 Å². The van der Waals surface area contributed by atoms with Crippen molar-refractivity contribution in [2.45, 2.75) is 53.4 Å². The van der Waals surface area contributed by atoms with Crippen molar-refractivity contribution >= 4 is 0 Å². The average Bonchev–Trinajstić information content (AvgIpc) is 2.69. The summed E-state index contributed by atoms with van der Waals surface area (Å²) in [5, 5.41) is 4.28. The Bertz CT molecular complexity index is 833. The number of benzene rings is 1. The normalized spacial score (nSPS) is 10.9. The molecule has 0 saturated heterocycles. The Morgan fingerprint density at radius 3 is 2.21 bits per heavy atom. The smallest absolute Gasteiger partial charge is 0.278 e. The molecule has 1 heterocycles. The van der Waals surface area contributed by atoms with Crippen molar-refractivity contribution in [3.8, 4) is 22.8 Å². The van der Waals surface area contributed by atoms with E-state index in [2.05, 4.69) is 44.9 Å². The van der Waals surface area contributed by atoms with Crippen LogP contribution in [0.25, 0.3) is 11.1 Å². The number of unbranched alkanes of at least 4 members (excludes halogenated alkanes) is 1. The number of ether oxygens (including phenoxy) is 3. The molecule has 0 aliphatic rings. The fraction of sp³-hybridized carbons (Fsp3) is 0.545. The molecule has 6 nitrogen and oxygen atoms in total. The van der Waals surface area contributed by atoms with Crippen molar-refractivity contribution < 1.29 is 14.2 Å². The summed E-state index contributed by atoms with van der Waals surface area (Å²) in [6.07, 6.45) is 3.51. The molecule has 0 saturated carbocycles. The van der Waals surface area contributed by atoms with Crippen LogP contribution < -0.4 is 15.0 Å². The largest absolute Gasteiger partial charge is 0.487 e. The molecule has 0 N–H and O–H groups in total. The third-order valence-electron chi connectivity index (χ3n) is 4.69. The molecular formula is C22H32N2O4. The summed E-state index contributed by atoms with van der Waals surface area (Å²) in [7, 11) is 3.18. The van der Waals surface area contributed by atoms with Gasteiger partial charge in [-0.2, -0.15) is 0 Å². The Hall–Kier alpha value is -2.34. The highest BCUT2D eigenvalue weighted by Crippen LogP contribution is 2.38. The molecule has 0 atom stereocenters. The van der Waals surface area contributed by atoms with Crippen LogP contribution in [0.5, 0.6) is 11.6 Å². The molecule has 0 fully saturated rings. The first kappa shape index (κ1) is 22.0. The Morgan fingerprint density at radius 1 is 1.04 bits per heavy atom. The molecule has 28 heavy (non-hydrogen) atoms. The van der Waals surface area contributed by atoms with E-state index < -0.39 is 0 Å². The number of aryl methyl sites for hydroxylation is 4. The van der Waals surface area contributed by atoms with Gasteiger partial charge in [0, 0.05) is 14.2 Å². The summed E-state index contributed by atoms with van der Waals surface area (Å²) in [5.41, 5.74) is 4.70. The average molecular weight is 389 g/mol. The lowest BCUT2D eigenvalue weighted by atomic mass is 9.90. The molecule has 154 valence electrons. The summed E-state index contributed by atoms with van der Waals surface area (Å²) in [5.74, 6) is 0.682. The van der Waals surface area contributed by atoms with Crippen molar-refractivity contribution in [1.29, 1.82) is 0 Å². The summed E-state index contributed by atoms with van der Waals surface area (Å²) in [6, 6.07) is 4.28. The van der Waals surface area contributed by atoms with Crippen LogP contribution in [0.2, 0.25) is 0 Å². The fourth-order valence-corrected chi connectivity index (χ4v) is 3.30. The highest BCUT2D eigenvalue weighted by atomic mass is 16.7. The maximum absolute atomic E-state index is 13.2. The maximum Gasteiger partial charge on any atom is 0.278 e.